The molecule has 0 bridgehead atoms. The van der Waals surface area contributed by atoms with Gasteiger partial charge in [0.25, 0.3) is 5.91 Å². The fourth-order valence-corrected chi connectivity index (χ4v) is 2.72. The van der Waals surface area contributed by atoms with Gasteiger partial charge in [-0.05, 0) is 36.6 Å². The van der Waals surface area contributed by atoms with Crippen molar-refractivity contribution in [2.45, 2.75) is 25.4 Å². The number of hydrogen-bond acceptors (Lipinski definition) is 6. The summed E-state index contributed by atoms with van der Waals surface area (Å²) in [6.07, 6.45) is 5.75. The minimum Gasteiger partial charge on any atom is -0.490 e. The Balaban J connectivity index is 1.42. The standard InChI is InChI=1S/C19H23NO6/c21-18(20-12-15-3-1-8-23-15)13-26-19(22)7-5-14-4-6-16-17(11-14)25-10-2-9-24-16/h4-7,11,15H,1-3,8-10,12-13H2,(H,20,21)/b7-5+/t15-/m0/s1. The summed E-state index contributed by atoms with van der Waals surface area (Å²) in [6, 6.07) is 5.44. The number of esters is 1. The Hall–Kier alpha value is -2.54. The third-order valence-corrected chi connectivity index (χ3v) is 4.08. The maximum absolute atomic E-state index is 11.8. The molecule has 0 radical (unpaired) electrons. The van der Waals surface area contributed by atoms with Gasteiger partial charge in [-0.2, -0.15) is 0 Å². The van der Waals surface area contributed by atoms with E-state index in [1.165, 1.54) is 6.08 Å². The van der Waals surface area contributed by atoms with E-state index < -0.39 is 5.97 Å². The number of rotatable bonds is 6. The van der Waals surface area contributed by atoms with Gasteiger partial charge in [-0.1, -0.05) is 6.07 Å². The van der Waals surface area contributed by atoms with Crippen molar-refractivity contribution in [3.8, 4) is 11.5 Å². The van der Waals surface area contributed by atoms with E-state index in [0.717, 1.165) is 31.4 Å². The molecule has 0 aromatic heterocycles. The molecule has 1 N–H and O–H groups in total. The summed E-state index contributed by atoms with van der Waals surface area (Å²) in [5, 5.41) is 2.70. The van der Waals surface area contributed by atoms with Crippen molar-refractivity contribution < 1.29 is 28.5 Å². The van der Waals surface area contributed by atoms with Crippen LogP contribution in [0.25, 0.3) is 6.08 Å². The molecule has 0 aliphatic carbocycles. The highest BCUT2D eigenvalue weighted by molar-refractivity contribution is 5.89. The molecule has 3 rings (SSSR count). The summed E-state index contributed by atoms with van der Waals surface area (Å²) in [5.41, 5.74) is 0.786. The minimum atomic E-state index is -0.579. The van der Waals surface area contributed by atoms with Crippen LogP contribution in [0.3, 0.4) is 0 Å². The predicted octanol–water partition coefficient (Wildman–Crippen LogP) is 1.70. The van der Waals surface area contributed by atoms with Crippen molar-refractivity contribution in [2.75, 3.05) is 33.0 Å². The Morgan fingerprint density at radius 1 is 1.15 bits per heavy atom. The van der Waals surface area contributed by atoms with Crippen molar-refractivity contribution in [2.24, 2.45) is 0 Å². The third-order valence-electron chi connectivity index (χ3n) is 4.08. The topological polar surface area (TPSA) is 83.1 Å². The van der Waals surface area contributed by atoms with Gasteiger partial charge in [0.15, 0.2) is 18.1 Å². The van der Waals surface area contributed by atoms with Crippen LogP contribution >= 0.6 is 0 Å². The monoisotopic (exact) mass is 361 g/mol. The summed E-state index contributed by atoms with van der Waals surface area (Å²) in [6.45, 7) is 2.10. The molecule has 1 saturated heterocycles. The summed E-state index contributed by atoms with van der Waals surface area (Å²) in [4.78, 5) is 23.4. The van der Waals surface area contributed by atoms with Gasteiger partial charge < -0.3 is 24.3 Å². The first-order valence-corrected chi connectivity index (χ1v) is 8.83. The molecule has 140 valence electrons. The molecular formula is C19H23NO6. The fourth-order valence-electron chi connectivity index (χ4n) is 2.72. The van der Waals surface area contributed by atoms with Crippen LogP contribution in [0.15, 0.2) is 24.3 Å². The number of carbonyl (C=O) groups excluding carboxylic acids is 2. The smallest absolute Gasteiger partial charge is 0.331 e. The van der Waals surface area contributed by atoms with E-state index in [1.807, 2.05) is 12.1 Å². The molecule has 0 spiro atoms. The lowest BCUT2D eigenvalue weighted by atomic mass is 10.2. The molecule has 2 aliphatic rings. The van der Waals surface area contributed by atoms with E-state index in [4.69, 9.17) is 18.9 Å². The van der Waals surface area contributed by atoms with Crippen molar-refractivity contribution in [1.82, 2.24) is 5.32 Å². The van der Waals surface area contributed by atoms with Crippen LogP contribution in [0, 0.1) is 0 Å². The van der Waals surface area contributed by atoms with Gasteiger partial charge in [-0.3, -0.25) is 4.79 Å². The zero-order valence-corrected chi connectivity index (χ0v) is 14.6. The molecule has 7 heteroatoms. The van der Waals surface area contributed by atoms with E-state index in [2.05, 4.69) is 5.32 Å². The number of benzene rings is 1. The highest BCUT2D eigenvalue weighted by atomic mass is 16.5. The number of hydrogen-bond donors (Lipinski definition) is 1. The molecule has 1 atom stereocenters. The number of ether oxygens (including phenoxy) is 4. The minimum absolute atomic E-state index is 0.0638. The fraction of sp³-hybridized carbons (Fsp3) is 0.474. The number of fused-ring (bicyclic) bond motifs is 1. The molecule has 0 unspecified atom stereocenters. The van der Waals surface area contributed by atoms with Gasteiger partial charge in [0.1, 0.15) is 0 Å². The predicted molar refractivity (Wildman–Crippen MR) is 94.0 cm³/mol. The van der Waals surface area contributed by atoms with Crippen molar-refractivity contribution in [1.29, 1.82) is 0 Å². The second-order valence-electron chi connectivity index (χ2n) is 6.14. The van der Waals surface area contributed by atoms with Gasteiger partial charge in [0.05, 0.1) is 19.3 Å². The lowest BCUT2D eigenvalue weighted by molar-refractivity contribution is -0.143. The van der Waals surface area contributed by atoms with Gasteiger partial charge >= 0.3 is 5.97 Å². The Morgan fingerprint density at radius 3 is 2.81 bits per heavy atom. The van der Waals surface area contributed by atoms with Gasteiger partial charge in [0.2, 0.25) is 0 Å². The quantitative estimate of drug-likeness (QED) is 0.613. The van der Waals surface area contributed by atoms with E-state index in [0.29, 0.717) is 31.3 Å². The maximum atomic E-state index is 11.8. The lowest BCUT2D eigenvalue weighted by Gasteiger charge is -2.10. The maximum Gasteiger partial charge on any atom is 0.331 e. The summed E-state index contributed by atoms with van der Waals surface area (Å²) >= 11 is 0. The van der Waals surface area contributed by atoms with E-state index in [9.17, 15) is 9.59 Å². The largest absolute Gasteiger partial charge is 0.490 e. The molecule has 1 amide bonds. The highest BCUT2D eigenvalue weighted by Gasteiger charge is 2.16. The van der Waals surface area contributed by atoms with Crippen molar-refractivity contribution in [3.63, 3.8) is 0 Å². The zero-order chi connectivity index (χ0) is 18.2. The lowest BCUT2D eigenvalue weighted by Crippen LogP contribution is -2.34. The second kappa shape index (κ2) is 9.24. The van der Waals surface area contributed by atoms with E-state index in [-0.39, 0.29) is 18.6 Å². The zero-order valence-electron chi connectivity index (χ0n) is 14.6. The van der Waals surface area contributed by atoms with Crippen LogP contribution < -0.4 is 14.8 Å². The van der Waals surface area contributed by atoms with Crippen molar-refractivity contribution >= 4 is 18.0 Å². The average molecular weight is 361 g/mol. The Labute approximate surface area is 152 Å². The summed E-state index contributed by atoms with van der Waals surface area (Å²) < 4.78 is 21.5. The Kier molecular flexibility index (Phi) is 6.49. The van der Waals surface area contributed by atoms with Crippen LogP contribution in [-0.2, 0) is 19.1 Å². The number of carbonyl (C=O) groups is 2. The second-order valence-corrected chi connectivity index (χ2v) is 6.14. The van der Waals surface area contributed by atoms with Crippen LogP contribution in [0.5, 0.6) is 11.5 Å². The normalized spacial score (nSPS) is 19.2. The number of nitrogens with one attached hydrogen (secondary N) is 1. The summed E-state index contributed by atoms with van der Waals surface area (Å²) in [7, 11) is 0. The van der Waals surface area contributed by atoms with Crippen molar-refractivity contribution in [3.05, 3.63) is 29.8 Å². The molecule has 7 nitrogen and oxygen atoms in total. The first-order chi connectivity index (χ1) is 12.7. The van der Waals surface area contributed by atoms with Gasteiger partial charge in [0, 0.05) is 25.6 Å². The molecular weight excluding hydrogens is 338 g/mol. The van der Waals surface area contributed by atoms with Crippen LogP contribution in [0.2, 0.25) is 0 Å². The molecule has 2 aliphatic heterocycles. The third kappa shape index (κ3) is 5.49. The highest BCUT2D eigenvalue weighted by Crippen LogP contribution is 2.30. The molecule has 0 saturated carbocycles. The Morgan fingerprint density at radius 2 is 2.00 bits per heavy atom. The van der Waals surface area contributed by atoms with Crippen LogP contribution in [-0.4, -0.2) is 51.0 Å². The summed E-state index contributed by atoms with van der Waals surface area (Å²) in [5.74, 6) is 0.443. The Bertz CT molecular complexity index is 666. The number of amides is 1. The van der Waals surface area contributed by atoms with Gasteiger partial charge in [-0.25, -0.2) is 4.79 Å². The first kappa shape index (κ1) is 18.3. The molecule has 1 fully saturated rings. The van der Waals surface area contributed by atoms with E-state index in [1.54, 1.807) is 12.1 Å². The SMILES string of the molecule is O=C(COC(=O)/C=C/c1ccc2c(c1)OCCCO2)NC[C@@H]1CCCO1. The van der Waals surface area contributed by atoms with E-state index >= 15 is 0 Å². The molecule has 26 heavy (non-hydrogen) atoms. The molecule has 2 heterocycles. The van der Waals surface area contributed by atoms with Crippen LogP contribution in [0.1, 0.15) is 24.8 Å². The molecule has 1 aromatic carbocycles. The average Bonchev–Trinajstić information content (AvgIpc) is 3.07. The first-order valence-electron chi connectivity index (χ1n) is 8.83. The van der Waals surface area contributed by atoms with Crippen LogP contribution in [0.4, 0.5) is 0 Å². The molecule has 1 aromatic rings. The van der Waals surface area contributed by atoms with Gasteiger partial charge in [-0.15, -0.1) is 0 Å².